The Morgan fingerprint density at radius 2 is 1.69 bits per heavy atom. The molecule has 1 aromatic heterocycles. The number of aliphatic imine (C=N–C) groups is 1. The van der Waals surface area contributed by atoms with Crippen molar-refractivity contribution in [3.63, 3.8) is 0 Å². The monoisotopic (exact) mass is 374 g/mol. The van der Waals surface area contributed by atoms with Crippen molar-refractivity contribution in [1.29, 1.82) is 0 Å². The number of methoxy groups -OCH3 is 1. The predicted molar refractivity (Wildman–Crippen MR) is 104 cm³/mol. The van der Waals surface area contributed by atoms with E-state index in [2.05, 4.69) is 20.6 Å². The lowest BCUT2D eigenvalue weighted by Gasteiger charge is -2.12. The molecule has 0 aliphatic carbocycles. The van der Waals surface area contributed by atoms with Gasteiger partial charge < -0.3 is 15.4 Å². The number of nitrogens with one attached hydrogen (secondary N) is 2. The van der Waals surface area contributed by atoms with E-state index in [-0.39, 0.29) is 5.97 Å². The molecule has 2 aromatic rings. The summed E-state index contributed by atoms with van der Waals surface area (Å²) in [7, 11) is 3.12. The van der Waals surface area contributed by atoms with Crippen molar-refractivity contribution in [2.75, 3.05) is 27.2 Å². The first-order valence-corrected chi connectivity index (χ1v) is 8.72. The Labute approximate surface area is 158 Å². The van der Waals surface area contributed by atoms with Gasteiger partial charge in [-0.1, -0.05) is 29.8 Å². The summed E-state index contributed by atoms with van der Waals surface area (Å²) < 4.78 is 4.69. The number of hydrogen-bond donors (Lipinski definition) is 2. The van der Waals surface area contributed by atoms with E-state index < -0.39 is 0 Å². The first-order valence-electron chi connectivity index (χ1n) is 8.34. The van der Waals surface area contributed by atoms with Crippen LogP contribution in [0.5, 0.6) is 0 Å². The lowest BCUT2D eigenvalue weighted by Crippen LogP contribution is -2.39. The van der Waals surface area contributed by atoms with Crippen LogP contribution >= 0.6 is 11.6 Å². The van der Waals surface area contributed by atoms with Gasteiger partial charge in [0.1, 0.15) is 5.15 Å². The fourth-order valence-electron chi connectivity index (χ4n) is 2.35. The van der Waals surface area contributed by atoms with E-state index in [1.807, 2.05) is 18.2 Å². The van der Waals surface area contributed by atoms with Crippen LogP contribution < -0.4 is 10.6 Å². The van der Waals surface area contributed by atoms with E-state index >= 15 is 0 Å². The molecule has 2 rings (SSSR count). The molecule has 0 aliphatic rings. The minimum atomic E-state index is -0.324. The minimum absolute atomic E-state index is 0.324. The Hall–Kier alpha value is -2.60. The Morgan fingerprint density at radius 1 is 1.08 bits per heavy atom. The summed E-state index contributed by atoms with van der Waals surface area (Å²) in [5.74, 6) is 0.424. The SMILES string of the molecule is CN=C(NCCc1ccc(C(=O)OC)cc1)NCCc1ccc(Cl)nc1. The second kappa shape index (κ2) is 10.4. The van der Waals surface area contributed by atoms with Crippen LogP contribution in [0.25, 0.3) is 0 Å². The smallest absolute Gasteiger partial charge is 0.337 e. The quantitative estimate of drug-likeness (QED) is 0.337. The van der Waals surface area contributed by atoms with Crippen LogP contribution in [-0.2, 0) is 17.6 Å². The van der Waals surface area contributed by atoms with Gasteiger partial charge in [-0.25, -0.2) is 9.78 Å². The van der Waals surface area contributed by atoms with Crippen molar-refractivity contribution < 1.29 is 9.53 Å². The number of rotatable bonds is 7. The molecule has 0 radical (unpaired) electrons. The maximum absolute atomic E-state index is 11.4. The lowest BCUT2D eigenvalue weighted by molar-refractivity contribution is 0.0600. The minimum Gasteiger partial charge on any atom is -0.465 e. The molecule has 6 nitrogen and oxygen atoms in total. The standard InChI is InChI=1S/C19H23ClN4O2/c1-21-19(23-12-10-15-5-8-17(20)24-13-15)22-11-9-14-3-6-16(7-4-14)18(25)26-2/h3-8,13H,9-12H2,1-2H3,(H2,21,22,23). The van der Waals surface area contributed by atoms with Crippen LogP contribution in [0, 0.1) is 0 Å². The number of halogens is 1. The number of guanidine groups is 1. The highest BCUT2D eigenvalue weighted by molar-refractivity contribution is 6.29. The summed E-state index contributed by atoms with van der Waals surface area (Å²) in [6.45, 7) is 1.48. The molecule has 0 spiro atoms. The molecule has 1 heterocycles. The maximum atomic E-state index is 11.4. The second-order valence-corrected chi connectivity index (χ2v) is 5.99. The van der Waals surface area contributed by atoms with E-state index in [9.17, 15) is 4.79 Å². The molecule has 0 atom stereocenters. The third-order valence-corrected chi connectivity index (χ3v) is 4.02. The predicted octanol–water partition coefficient (Wildman–Crippen LogP) is 2.47. The number of nitrogens with zero attached hydrogens (tertiary/aromatic N) is 2. The van der Waals surface area contributed by atoms with E-state index in [0.29, 0.717) is 10.7 Å². The van der Waals surface area contributed by atoms with Crippen molar-refractivity contribution >= 4 is 23.5 Å². The van der Waals surface area contributed by atoms with Gasteiger partial charge >= 0.3 is 5.97 Å². The molecule has 0 aliphatic heterocycles. The molecule has 2 N–H and O–H groups in total. The molecular weight excluding hydrogens is 352 g/mol. The molecule has 26 heavy (non-hydrogen) atoms. The van der Waals surface area contributed by atoms with Crippen LogP contribution in [0.1, 0.15) is 21.5 Å². The van der Waals surface area contributed by atoms with Gasteiger partial charge in [-0.2, -0.15) is 0 Å². The molecule has 0 saturated heterocycles. The first-order chi connectivity index (χ1) is 12.6. The summed E-state index contributed by atoms with van der Waals surface area (Å²) in [6, 6.07) is 11.2. The summed E-state index contributed by atoms with van der Waals surface area (Å²) in [5, 5.41) is 7.04. The second-order valence-electron chi connectivity index (χ2n) is 5.60. The summed E-state index contributed by atoms with van der Waals surface area (Å²) in [5.41, 5.74) is 2.80. The van der Waals surface area contributed by atoms with Crippen molar-refractivity contribution in [2.24, 2.45) is 4.99 Å². The largest absolute Gasteiger partial charge is 0.465 e. The fraction of sp³-hybridized carbons (Fsp3) is 0.316. The lowest BCUT2D eigenvalue weighted by atomic mass is 10.1. The summed E-state index contributed by atoms with van der Waals surface area (Å²) in [4.78, 5) is 19.7. The van der Waals surface area contributed by atoms with E-state index in [1.165, 1.54) is 7.11 Å². The molecule has 0 amide bonds. The Balaban J connectivity index is 1.71. The van der Waals surface area contributed by atoms with Gasteiger partial charge in [-0.05, 0) is 42.2 Å². The van der Waals surface area contributed by atoms with Crippen molar-refractivity contribution in [1.82, 2.24) is 15.6 Å². The highest BCUT2D eigenvalue weighted by Gasteiger charge is 2.04. The van der Waals surface area contributed by atoms with Gasteiger partial charge in [-0.3, -0.25) is 4.99 Å². The normalized spacial score (nSPS) is 11.1. The van der Waals surface area contributed by atoms with Gasteiger partial charge in [-0.15, -0.1) is 0 Å². The summed E-state index contributed by atoms with van der Waals surface area (Å²) >= 11 is 5.78. The van der Waals surface area contributed by atoms with E-state index in [1.54, 1.807) is 31.4 Å². The number of hydrogen-bond acceptors (Lipinski definition) is 4. The molecule has 138 valence electrons. The number of carbonyl (C=O) groups is 1. The molecule has 7 heteroatoms. The molecule has 0 saturated carbocycles. The first kappa shape index (κ1) is 19.7. The van der Waals surface area contributed by atoms with Crippen LogP contribution in [-0.4, -0.2) is 44.2 Å². The maximum Gasteiger partial charge on any atom is 0.337 e. The fourth-order valence-corrected chi connectivity index (χ4v) is 2.46. The van der Waals surface area contributed by atoms with Gasteiger partial charge in [0.05, 0.1) is 12.7 Å². The summed E-state index contributed by atoms with van der Waals surface area (Å²) in [6.07, 6.45) is 3.43. The van der Waals surface area contributed by atoms with Crippen molar-refractivity contribution in [2.45, 2.75) is 12.8 Å². The van der Waals surface area contributed by atoms with Crippen molar-refractivity contribution in [3.8, 4) is 0 Å². The number of benzene rings is 1. The number of ether oxygens (including phenoxy) is 1. The average molecular weight is 375 g/mol. The highest BCUT2D eigenvalue weighted by atomic mass is 35.5. The zero-order chi connectivity index (χ0) is 18.8. The van der Waals surface area contributed by atoms with Crippen LogP contribution in [0.15, 0.2) is 47.6 Å². The number of pyridine rings is 1. The molecule has 0 fully saturated rings. The van der Waals surface area contributed by atoms with Gasteiger partial charge in [0.2, 0.25) is 0 Å². The van der Waals surface area contributed by atoms with E-state index in [0.717, 1.165) is 43.0 Å². The molecule has 0 bridgehead atoms. The average Bonchev–Trinajstić information content (AvgIpc) is 2.68. The van der Waals surface area contributed by atoms with Gasteiger partial charge in [0, 0.05) is 26.3 Å². The number of carbonyl (C=O) groups excluding carboxylic acids is 1. The Bertz CT molecular complexity index is 730. The zero-order valence-electron chi connectivity index (χ0n) is 15.0. The van der Waals surface area contributed by atoms with Crippen LogP contribution in [0.3, 0.4) is 0 Å². The van der Waals surface area contributed by atoms with Crippen LogP contribution in [0.2, 0.25) is 5.15 Å². The third-order valence-electron chi connectivity index (χ3n) is 3.80. The molecule has 1 aromatic carbocycles. The van der Waals surface area contributed by atoms with Gasteiger partial charge in [0.15, 0.2) is 5.96 Å². The zero-order valence-corrected chi connectivity index (χ0v) is 15.7. The molecule has 0 unspecified atom stereocenters. The topological polar surface area (TPSA) is 75.6 Å². The number of aromatic nitrogens is 1. The van der Waals surface area contributed by atoms with Crippen LogP contribution in [0.4, 0.5) is 0 Å². The van der Waals surface area contributed by atoms with Crippen molar-refractivity contribution in [3.05, 3.63) is 64.4 Å². The Kier molecular flexibility index (Phi) is 7.89. The van der Waals surface area contributed by atoms with Gasteiger partial charge in [0.25, 0.3) is 0 Å². The third kappa shape index (κ3) is 6.37. The highest BCUT2D eigenvalue weighted by Crippen LogP contribution is 2.06. The molecular formula is C19H23ClN4O2. The van der Waals surface area contributed by atoms with E-state index in [4.69, 9.17) is 16.3 Å². The Morgan fingerprint density at radius 3 is 2.23 bits per heavy atom. The number of esters is 1.